The van der Waals surface area contributed by atoms with Crippen LogP contribution in [0, 0.1) is 0 Å². The third-order valence-electron chi connectivity index (χ3n) is 2.78. The molecular weight excluding hydrogens is 278 g/mol. The Hall–Kier alpha value is -1.99. The summed E-state index contributed by atoms with van der Waals surface area (Å²) in [5, 5.41) is 20.1. The molecule has 106 valence electrons. The molecule has 2 aromatic heterocycles. The Morgan fingerprint density at radius 1 is 1.50 bits per heavy atom. The zero-order valence-corrected chi connectivity index (χ0v) is 11.8. The summed E-state index contributed by atoms with van der Waals surface area (Å²) in [5.74, 6) is -0.415. The maximum absolute atomic E-state index is 11.9. The Labute approximate surface area is 119 Å². The smallest absolute Gasteiger partial charge is 0.271 e. The average molecular weight is 293 g/mol. The van der Waals surface area contributed by atoms with Crippen molar-refractivity contribution in [1.82, 2.24) is 15.1 Å². The summed E-state index contributed by atoms with van der Waals surface area (Å²) in [7, 11) is 0. The normalized spacial score (nSPS) is 12.1. The van der Waals surface area contributed by atoms with Crippen molar-refractivity contribution < 1.29 is 9.90 Å². The zero-order chi connectivity index (χ0) is 14.5. The maximum atomic E-state index is 11.9. The summed E-state index contributed by atoms with van der Waals surface area (Å²) in [6.07, 6.45) is -0.748. The summed E-state index contributed by atoms with van der Waals surface area (Å²) in [5.41, 5.74) is 0.674. The molecule has 1 unspecified atom stereocenters. The lowest BCUT2D eigenvalue weighted by atomic mass is 10.2. The summed E-state index contributed by atoms with van der Waals surface area (Å²) in [6.45, 7) is 2.27. The van der Waals surface area contributed by atoms with Gasteiger partial charge in [-0.3, -0.25) is 9.59 Å². The van der Waals surface area contributed by atoms with Gasteiger partial charge in [0.1, 0.15) is 5.69 Å². The van der Waals surface area contributed by atoms with Gasteiger partial charge in [0.15, 0.2) is 0 Å². The molecule has 0 radical (unpaired) electrons. The number of carbonyl (C=O) groups excluding carboxylic acids is 1. The molecule has 2 heterocycles. The van der Waals surface area contributed by atoms with E-state index in [1.807, 2.05) is 10.8 Å². The van der Waals surface area contributed by atoms with Crippen LogP contribution in [0.2, 0.25) is 0 Å². The van der Waals surface area contributed by atoms with Crippen LogP contribution in [0.1, 0.15) is 29.1 Å². The van der Waals surface area contributed by atoms with Gasteiger partial charge in [0.05, 0.1) is 6.10 Å². The molecule has 0 saturated heterocycles. The van der Waals surface area contributed by atoms with E-state index in [1.165, 1.54) is 28.2 Å². The van der Waals surface area contributed by atoms with Crippen molar-refractivity contribution in [2.24, 2.45) is 0 Å². The molecule has 1 amide bonds. The van der Waals surface area contributed by atoms with Gasteiger partial charge < -0.3 is 10.4 Å². The second-order valence-corrected chi connectivity index (χ2v) is 4.94. The molecule has 0 aliphatic rings. The number of hydrogen-bond acceptors (Lipinski definition) is 5. The highest BCUT2D eigenvalue weighted by atomic mass is 32.1. The van der Waals surface area contributed by atoms with Gasteiger partial charge >= 0.3 is 0 Å². The van der Waals surface area contributed by atoms with Gasteiger partial charge in [-0.15, -0.1) is 0 Å². The molecular formula is C13H15N3O3S. The van der Waals surface area contributed by atoms with Crippen molar-refractivity contribution in [3.05, 3.63) is 50.6 Å². The number of aliphatic hydroxyl groups is 1. The van der Waals surface area contributed by atoms with Crippen LogP contribution in [-0.4, -0.2) is 27.3 Å². The van der Waals surface area contributed by atoms with Crippen molar-refractivity contribution in [3.63, 3.8) is 0 Å². The lowest BCUT2D eigenvalue weighted by Crippen LogP contribution is -2.31. The fourth-order valence-electron chi connectivity index (χ4n) is 1.66. The van der Waals surface area contributed by atoms with Gasteiger partial charge in [0, 0.05) is 19.2 Å². The van der Waals surface area contributed by atoms with Crippen LogP contribution in [0.5, 0.6) is 0 Å². The van der Waals surface area contributed by atoms with E-state index in [4.69, 9.17) is 0 Å². The van der Waals surface area contributed by atoms with E-state index in [2.05, 4.69) is 10.4 Å². The van der Waals surface area contributed by atoms with Crippen LogP contribution in [0.25, 0.3) is 0 Å². The third kappa shape index (κ3) is 3.31. The highest BCUT2D eigenvalue weighted by Crippen LogP contribution is 2.15. The van der Waals surface area contributed by atoms with Crippen molar-refractivity contribution in [3.8, 4) is 0 Å². The molecule has 0 saturated carbocycles. The molecule has 6 nitrogen and oxygen atoms in total. The second kappa shape index (κ2) is 6.44. The van der Waals surface area contributed by atoms with Gasteiger partial charge in [-0.05, 0) is 35.4 Å². The first-order valence-corrected chi connectivity index (χ1v) is 7.12. The van der Waals surface area contributed by atoms with E-state index < -0.39 is 12.0 Å². The molecule has 20 heavy (non-hydrogen) atoms. The molecule has 2 N–H and O–H groups in total. The number of nitrogens with one attached hydrogen (secondary N) is 1. The summed E-state index contributed by atoms with van der Waals surface area (Å²) in [4.78, 5) is 23.3. The molecule has 0 aromatic carbocycles. The van der Waals surface area contributed by atoms with Gasteiger partial charge in [0.2, 0.25) is 0 Å². The van der Waals surface area contributed by atoms with Crippen LogP contribution >= 0.6 is 11.3 Å². The Morgan fingerprint density at radius 3 is 2.95 bits per heavy atom. The molecule has 2 rings (SSSR count). The number of aromatic nitrogens is 2. The van der Waals surface area contributed by atoms with E-state index in [-0.39, 0.29) is 17.8 Å². The highest BCUT2D eigenvalue weighted by Gasteiger charge is 2.12. The number of rotatable bonds is 5. The molecule has 2 aromatic rings. The fraction of sp³-hybridized carbons (Fsp3) is 0.308. The van der Waals surface area contributed by atoms with Crippen molar-refractivity contribution >= 4 is 17.2 Å². The van der Waals surface area contributed by atoms with Gasteiger partial charge in [-0.1, -0.05) is 0 Å². The molecule has 0 aliphatic heterocycles. The molecule has 0 fully saturated rings. The first-order chi connectivity index (χ1) is 9.61. The first kappa shape index (κ1) is 14.4. The topological polar surface area (TPSA) is 84.2 Å². The summed E-state index contributed by atoms with van der Waals surface area (Å²) in [6, 6.07) is 4.48. The number of hydrogen-bond donors (Lipinski definition) is 2. The lowest BCUT2D eigenvalue weighted by molar-refractivity contribution is 0.0909. The van der Waals surface area contributed by atoms with E-state index in [1.54, 1.807) is 13.0 Å². The molecule has 7 heteroatoms. The Bertz CT molecular complexity index is 637. The monoisotopic (exact) mass is 293 g/mol. The van der Waals surface area contributed by atoms with E-state index >= 15 is 0 Å². The minimum Gasteiger partial charge on any atom is -0.387 e. The van der Waals surface area contributed by atoms with E-state index in [0.717, 1.165) is 5.56 Å². The predicted molar refractivity (Wildman–Crippen MR) is 75.8 cm³/mol. The minimum absolute atomic E-state index is 0.0997. The molecule has 0 bridgehead atoms. The van der Waals surface area contributed by atoms with Gasteiger partial charge in [-0.25, -0.2) is 4.68 Å². The maximum Gasteiger partial charge on any atom is 0.271 e. The number of aryl methyl sites for hydroxylation is 1. The van der Waals surface area contributed by atoms with Gasteiger partial charge in [0.25, 0.3) is 11.5 Å². The van der Waals surface area contributed by atoms with Crippen LogP contribution in [-0.2, 0) is 6.54 Å². The molecule has 0 aliphatic carbocycles. The third-order valence-corrected chi connectivity index (χ3v) is 3.48. The largest absolute Gasteiger partial charge is 0.387 e. The van der Waals surface area contributed by atoms with Crippen LogP contribution < -0.4 is 10.9 Å². The Balaban J connectivity index is 2.00. The average Bonchev–Trinajstić information content (AvgIpc) is 2.99. The molecule has 0 spiro atoms. The number of thiophene rings is 1. The number of aliphatic hydroxyl groups excluding tert-OH is 1. The van der Waals surface area contributed by atoms with Crippen molar-refractivity contribution in [2.75, 3.05) is 6.54 Å². The predicted octanol–water partition coefficient (Wildman–Crippen LogP) is 0.788. The summed E-state index contributed by atoms with van der Waals surface area (Å²) >= 11 is 1.48. The lowest BCUT2D eigenvalue weighted by Gasteiger charge is -2.10. The summed E-state index contributed by atoms with van der Waals surface area (Å²) < 4.78 is 1.21. The van der Waals surface area contributed by atoms with Crippen LogP contribution in [0.3, 0.4) is 0 Å². The fourth-order valence-corrected chi connectivity index (χ4v) is 2.37. The Morgan fingerprint density at radius 2 is 2.30 bits per heavy atom. The van der Waals surface area contributed by atoms with Crippen LogP contribution in [0.15, 0.2) is 33.8 Å². The highest BCUT2D eigenvalue weighted by molar-refractivity contribution is 7.07. The standard InChI is InChI=1S/C13H15N3O3S/c1-2-16-12(18)4-3-10(15-16)13(19)14-7-11(17)9-5-6-20-8-9/h3-6,8,11,17H,2,7H2,1H3,(H,14,19). The first-order valence-electron chi connectivity index (χ1n) is 6.18. The SMILES string of the molecule is CCn1nc(C(=O)NCC(O)c2ccsc2)ccc1=O. The number of amides is 1. The van der Waals surface area contributed by atoms with Crippen LogP contribution in [0.4, 0.5) is 0 Å². The number of carbonyl (C=O) groups is 1. The molecule has 1 atom stereocenters. The van der Waals surface area contributed by atoms with Crippen molar-refractivity contribution in [2.45, 2.75) is 19.6 Å². The second-order valence-electron chi connectivity index (χ2n) is 4.16. The quantitative estimate of drug-likeness (QED) is 0.853. The Kier molecular flexibility index (Phi) is 4.65. The number of nitrogens with zero attached hydrogens (tertiary/aromatic N) is 2. The zero-order valence-electron chi connectivity index (χ0n) is 10.9. The van der Waals surface area contributed by atoms with Gasteiger partial charge in [-0.2, -0.15) is 16.4 Å². The van der Waals surface area contributed by atoms with E-state index in [0.29, 0.717) is 6.54 Å². The van der Waals surface area contributed by atoms with E-state index in [9.17, 15) is 14.7 Å². The van der Waals surface area contributed by atoms with Crippen molar-refractivity contribution in [1.29, 1.82) is 0 Å². The minimum atomic E-state index is -0.748.